The number of hydrogen-bond donors (Lipinski definition) is 2. The van der Waals surface area contributed by atoms with Crippen molar-refractivity contribution in [1.29, 1.82) is 0 Å². The molecule has 2 heterocycles. The molecule has 26 heavy (non-hydrogen) atoms. The van der Waals surface area contributed by atoms with E-state index >= 15 is 0 Å². The Morgan fingerprint density at radius 1 is 1.35 bits per heavy atom. The highest BCUT2D eigenvalue weighted by atomic mass is 35.5. The van der Waals surface area contributed by atoms with Crippen LogP contribution in [0.15, 0.2) is 12.1 Å². The molecule has 0 radical (unpaired) electrons. The van der Waals surface area contributed by atoms with Gasteiger partial charge in [0.15, 0.2) is 0 Å². The van der Waals surface area contributed by atoms with Gasteiger partial charge in [-0.25, -0.2) is 4.79 Å². The maximum absolute atomic E-state index is 12.5. The van der Waals surface area contributed by atoms with E-state index in [4.69, 9.17) is 11.6 Å². The van der Waals surface area contributed by atoms with Gasteiger partial charge in [-0.1, -0.05) is 11.6 Å². The van der Waals surface area contributed by atoms with Gasteiger partial charge in [-0.3, -0.25) is 0 Å². The molecule has 0 aromatic heterocycles. The molecule has 2 aliphatic heterocycles. The lowest BCUT2D eigenvalue weighted by molar-refractivity contribution is 0.108. The number of fused-ring (bicyclic) bond motifs is 2. The van der Waals surface area contributed by atoms with Gasteiger partial charge < -0.3 is 20.4 Å². The zero-order valence-electron chi connectivity index (χ0n) is 15.9. The number of halogens is 1. The van der Waals surface area contributed by atoms with Crippen molar-refractivity contribution in [2.45, 2.75) is 50.6 Å². The van der Waals surface area contributed by atoms with Crippen molar-refractivity contribution in [2.24, 2.45) is 0 Å². The maximum Gasteiger partial charge on any atom is 0.317 e. The minimum Gasteiger partial charge on any atom is -0.384 e. The van der Waals surface area contributed by atoms with Crippen LogP contribution in [0.3, 0.4) is 0 Å². The van der Waals surface area contributed by atoms with Gasteiger partial charge in [0.2, 0.25) is 0 Å². The number of benzene rings is 1. The van der Waals surface area contributed by atoms with Crippen LogP contribution in [0.2, 0.25) is 5.02 Å². The normalized spacial score (nSPS) is 29.5. The number of nitrogens with zero attached hydrogens (tertiary/aromatic N) is 2. The molecule has 1 saturated heterocycles. The Labute approximate surface area is 161 Å². The molecule has 2 N–H and O–H groups in total. The molecule has 1 aliphatic carbocycles. The molecule has 142 valence electrons. The fraction of sp³-hybridized carbons (Fsp3) is 0.650. The minimum absolute atomic E-state index is 0.0542. The first kappa shape index (κ1) is 17.9. The second kappa shape index (κ2) is 6.93. The molecule has 4 atom stereocenters. The predicted molar refractivity (Wildman–Crippen MR) is 106 cm³/mol. The van der Waals surface area contributed by atoms with Crippen molar-refractivity contribution >= 4 is 23.3 Å². The van der Waals surface area contributed by atoms with E-state index in [-0.39, 0.29) is 12.1 Å². The van der Waals surface area contributed by atoms with Crippen LogP contribution in [0.5, 0.6) is 0 Å². The van der Waals surface area contributed by atoms with E-state index in [0.29, 0.717) is 17.9 Å². The Morgan fingerprint density at radius 2 is 2.12 bits per heavy atom. The number of nitrogens with one attached hydrogen (secondary N) is 2. The summed E-state index contributed by atoms with van der Waals surface area (Å²) in [4.78, 5) is 16.8. The van der Waals surface area contributed by atoms with Crippen LogP contribution >= 0.6 is 11.6 Å². The van der Waals surface area contributed by atoms with Crippen LogP contribution in [0.1, 0.15) is 49.7 Å². The molecule has 5 nitrogen and oxygen atoms in total. The number of likely N-dealkylation sites (tertiary alicyclic amines) is 1. The number of anilines is 1. The number of carbonyl (C=O) groups is 1. The summed E-state index contributed by atoms with van der Waals surface area (Å²) in [5, 5.41) is 7.62. The van der Waals surface area contributed by atoms with Gasteiger partial charge >= 0.3 is 6.03 Å². The van der Waals surface area contributed by atoms with Crippen molar-refractivity contribution in [3.05, 3.63) is 28.3 Å². The Morgan fingerprint density at radius 3 is 2.85 bits per heavy atom. The Hall–Kier alpha value is -1.46. The van der Waals surface area contributed by atoms with Crippen LogP contribution in [0.25, 0.3) is 0 Å². The highest BCUT2D eigenvalue weighted by Gasteiger charge is 2.44. The first-order chi connectivity index (χ1) is 12.5. The highest BCUT2D eigenvalue weighted by molar-refractivity contribution is 6.31. The van der Waals surface area contributed by atoms with Crippen molar-refractivity contribution in [3.63, 3.8) is 0 Å². The van der Waals surface area contributed by atoms with E-state index in [2.05, 4.69) is 34.7 Å². The van der Waals surface area contributed by atoms with Gasteiger partial charge in [0.25, 0.3) is 0 Å². The molecule has 2 unspecified atom stereocenters. The zero-order chi connectivity index (χ0) is 18.4. The molecule has 1 fully saturated rings. The van der Waals surface area contributed by atoms with Gasteiger partial charge in [0.1, 0.15) is 0 Å². The maximum atomic E-state index is 12.5. The standard InChI is InChI=1S/C20H29ClN4O/c1-4-25(5-2)20(26)23-14-9-15-16-7-13(21)8-17-19(16)12(10-22-17)6-18(15)24(3)11-14/h7-8,12,14-15,18,22H,4-6,9-11H2,1-3H3,(H,23,26)/t12?,14-,15?,18+/m0/s1. The largest absolute Gasteiger partial charge is 0.384 e. The van der Waals surface area contributed by atoms with Crippen molar-refractivity contribution in [3.8, 4) is 0 Å². The van der Waals surface area contributed by atoms with E-state index < -0.39 is 0 Å². The summed E-state index contributed by atoms with van der Waals surface area (Å²) in [6.45, 7) is 7.46. The summed E-state index contributed by atoms with van der Waals surface area (Å²) in [5.41, 5.74) is 4.08. The number of likely N-dealkylation sites (N-methyl/N-ethyl adjacent to an activating group) is 1. The Bertz CT molecular complexity index is 705. The summed E-state index contributed by atoms with van der Waals surface area (Å²) in [6, 6.07) is 4.99. The third-order valence-corrected chi connectivity index (χ3v) is 6.72. The van der Waals surface area contributed by atoms with E-state index in [9.17, 15) is 4.79 Å². The van der Waals surface area contributed by atoms with Crippen LogP contribution < -0.4 is 10.6 Å². The van der Waals surface area contributed by atoms with Gasteiger partial charge in [-0.05, 0) is 57.0 Å². The quantitative estimate of drug-likeness (QED) is 0.849. The van der Waals surface area contributed by atoms with Crippen molar-refractivity contribution < 1.29 is 4.79 Å². The van der Waals surface area contributed by atoms with E-state index in [1.807, 2.05) is 18.7 Å². The third kappa shape index (κ3) is 2.95. The smallest absolute Gasteiger partial charge is 0.317 e. The van der Waals surface area contributed by atoms with Gasteiger partial charge in [0.05, 0.1) is 0 Å². The molecule has 0 saturated carbocycles. The summed E-state index contributed by atoms with van der Waals surface area (Å²) in [6.07, 6.45) is 2.17. The lowest BCUT2D eigenvalue weighted by atomic mass is 9.70. The molecule has 1 aromatic carbocycles. The predicted octanol–water partition coefficient (Wildman–Crippen LogP) is 3.46. The number of hydrogen-bond acceptors (Lipinski definition) is 3. The summed E-state index contributed by atoms with van der Waals surface area (Å²) in [5.74, 6) is 1.02. The highest BCUT2D eigenvalue weighted by Crippen LogP contribution is 2.50. The molecule has 1 aromatic rings. The number of rotatable bonds is 3. The second-order valence-corrected chi connectivity index (χ2v) is 8.37. The average molecular weight is 377 g/mol. The first-order valence-electron chi connectivity index (χ1n) is 9.84. The molecular weight excluding hydrogens is 348 g/mol. The van der Waals surface area contributed by atoms with Gasteiger partial charge in [0, 0.05) is 60.8 Å². The Balaban J connectivity index is 1.59. The van der Waals surface area contributed by atoms with Gasteiger partial charge in [-0.2, -0.15) is 0 Å². The summed E-state index contributed by atoms with van der Waals surface area (Å²) in [7, 11) is 2.20. The molecular formula is C20H29ClN4O. The fourth-order valence-corrected chi connectivity index (χ4v) is 5.49. The number of carbonyl (C=O) groups excluding carboxylic acids is 1. The Kier molecular flexibility index (Phi) is 4.78. The van der Waals surface area contributed by atoms with E-state index in [0.717, 1.165) is 37.6 Å². The zero-order valence-corrected chi connectivity index (χ0v) is 16.6. The minimum atomic E-state index is 0.0542. The summed E-state index contributed by atoms with van der Waals surface area (Å²) < 4.78 is 0. The van der Waals surface area contributed by atoms with Crippen LogP contribution in [-0.2, 0) is 0 Å². The fourth-order valence-electron chi connectivity index (χ4n) is 5.26. The van der Waals surface area contributed by atoms with Crippen LogP contribution in [0, 0.1) is 0 Å². The van der Waals surface area contributed by atoms with Crippen LogP contribution in [0.4, 0.5) is 10.5 Å². The van der Waals surface area contributed by atoms with E-state index in [1.54, 1.807) is 0 Å². The lowest BCUT2D eigenvalue weighted by Gasteiger charge is -2.47. The second-order valence-electron chi connectivity index (χ2n) is 7.94. The SMILES string of the molecule is CCN(CC)C(=O)N[C@H]1CC2c3cc(Cl)cc4c3C(CN4)C[C@H]2N(C)C1. The average Bonchev–Trinajstić information content (AvgIpc) is 3.00. The van der Waals surface area contributed by atoms with Crippen LogP contribution in [-0.4, -0.2) is 61.1 Å². The molecule has 0 bridgehead atoms. The number of urea groups is 1. The topological polar surface area (TPSA) is 47.6 Å². The first-order valence-corrected chi connectivity index (χ1v) is 10.2. The third-order valence-electron chi connectivity index (χ3n) is 6.51. The van der Waals surface area contributed by atoms with Gasteiger partial charge in [-0.15, -0.1) is 0 Å². The summed E-state index contributed by atoms with van der Waals surface area (Å²) >= 11 is 6.42. The van der Waals surface area contributed by atoms with E-state index in [1.165, 1.54) is 23.2 Å². The van der Waals surface area contributed by atoms with Crippen molar-refractivity contribution in [1.82, 2.24) is 15.1 Å². The molecule has 3 aliphatic rings. The van der Waals surface area contributed by atoms with Crippen molar-refractivity contribution in [2.75, 3.05) is 38.5 Å². The molecule has 0 spiro atoms. The number of piperidine rings is 1. The molecule has 4 rings (SSSR count). The number of amides is 2. The monoisotopic (exact) mass is 376 g/mol. The lowest BCUT2D eigenvalue weighted by Crippen LogP contribution is -2.56. The molecule has 2 amide bonds. The molecule has 6 heteroatoms.